The van der Waals surface area contributed by atoms with E-state index in [1.165, 1.54) is 35.8 Å². The van der Waals surface area contributed by atoms with E-state index < -0.39 is 47.9 Å². The molecule has 0 unspecified atom stereocenters. The van der Waals surface area contributed by atoms with Crippen molar-refractivity contribution < 1.29 is 28.7 Å². The highest BCUT2D eigenvalue weighted by Gasteiger charge is 2.27. The first-order chi connectivity index (χ1) is 14.9. The summed E-state index contributed by atoms with van der Waals surface area (Å²) >= 11 is 0. The number of ether oxygens (including phenoxy) is 2. The Kier molecular flexibility index (Phi) is 15.4. The Labute approximate surface area is 198 Å². The van der Waals surface area contributed by atoms with Gasteiger partial charge in [0.15, 0.2) is 0 Å². The Morgan fingerprint density at radius 2 is 1.03 bits per heavy atom. The van der Waals surface area contributed by atoms with E-state index >= 15 is 0 Å². The third-order valence-corrected chi connectivity index (χ3v) is 6.70. The van der Waals surface area contributed by atoms with Gasteiger partial charge < -0.3 is 31.6 Å². The lowest BCUT2D eigenvalue weighted by Gasteiger charge is -2.21. The van der Waals surface area contributed by atoms with E-state index in [4.69, 9.17) is 20.9 Å². The van der Waals surface area contributed by atoms with Crippen molar-refractivity contribution in [3.63, 3.8) is 0 Å². The minimum absolute atomic E-state index is 0.187. The van der Waals surface area contributed by atoms with Crippen molar-refractivity contribution in [2.75, 3.05) is 25.7 Å². The number of amides is 2. The van der Waals surface area contributed by atoms with Crippen LogP contribution in [-0.2, 0) is 28.7 Å². The lowest BCUT2D eigenvalue weighted by molar-refractivity contribution is -0.144. The van der Waals surface area contributed by atoms with Gasteiger partial charge in [-0.25, -0.2) is 9.59 Å². The van der Waals surface area contributed by atoms with E-state index in [9.17, 15) is 19.2 Å². The fourth-order valence-corrected chi connectivity index (χ4v) is 4.94. The minimum Gasteiger partial charge on any atom is -0.467 e. The maximum absolute atomic E-state index is 12.3. The summed E-state index contributed by atoms with van der Waals surface area (Å²) in [7, 11) is 4.96. The Morgan fingerprint density at radius 1 is 0.719 bits per heavy atom. The van der Waals surface area contributed by atoms with Crippen LogP contribution in [0.5, 0.6) is 0 Å². The van der Waals surface area contributed by atoms with Crippen LogP contribution in [-0.4, -0.2) is 73.6 Å². The van der Waals surface area contributed by atoms with E-state index in [2.05, 4.69) is 10.6 Å². The van der Waals surface area contributed by atoms with E-state index in [1.807, 2.05) is 27.7 Å². The molecule has 0 aromatic carbocycles. The molecule has 0 spiro atoms. The summed E-state index contributed by atoms with van der Waals surface area (Å²) in [5.41, 5.74) is 11.7. The molecule has 0 bridgehead atoms. The summed E-state index contributed by atoms with van der Waals surface area (Å²) in [4.78, 5) is 48.6. The number of hydrogen-bond donors (Lipinski definition) is 4. The normalized spacial score (nSPS) is 14.9. The molecule has 0 saturated heterocycles. The molecule has 32 heavy (non-hydrogen) atoms. The molecule has 4 atom stereocenters. The van der Waals surface area contributed by atoms with Crippen LogP contribution in [0.25, 0.3) is 0 Å². The molecule has 10 nitrogen and oxygen atoms in total. The maximum Gasteiger partial charge on any atom is 0.329 e. The van der Waals surface area contributed by atoms with Crippen molar-refractivity contribution in [1.82, 2.24) is 10.6 Å². The Balaban J connectivity index is 4.81. The summed E-state index contributed by atoms with van der Waals surface area (Å²) in [5.74, 6) is -1.22. The van der Waals surface area contributed by atoms with Crippen LogP contribution >= 0.6 is 21.6 Å². The average molecular weight is 495 g/mol. The maximum atomic E-state index is 12.3. The van der Waals surface area contributed by atoms with Crippen molar-refractivity contribution in [3.8, 4) is 0 Å². The number of nitrogens with two attached hydrogens (primary N) is 2. The highest BCUT2D eigenvalue weighted by Crippen LogP contribution is 2.24. The van der Waals surface area contributed by atoms with E-state index in [0.717, 1.165) is 0 Å². The molecule has 0 saturated carbocycles. The van der Waals surface area contributed by atoms with E-state index in [-0.39, 0.29) is 23.3 Å². The second-order valence-corrected chi connectivity index (χ2v) is 10.8. The van der Waals surface area contributed by atoms with Crippen molar-refractivity contribution in [2.45, 2.75) is 64.7 Å². The fraction of sp³-hybridized carbons (Fsp3) is 0.800. The second-order valence-electron chi connectivity index (χ2n) is 8.21. The fourth-order valence-electron chi connectivity index (χ4n) is 2.64. The molecule has 0 heterocycles. The molecular formula is C20H38N4O6S2. The van der Waals surface area contributed by atoms with Crippen molar-refractivity contribution >= 4 is 45.3 Å². The van der Waals surface area contributed by atoms with Crippen molar-refractivity contribution in [3.05, 3.63) is 0 Å². The molecule has 12 heteroatoms. The summed E-state index contributed by atoms with van der Waals surface area (Å²) < 4.78 is 9.51. The zero-order chi connectivity index (χ0) is 24.8. The lowest BCUT2D eigenvalue weighted by Crippen LogP contribution is -2.50. The molecule has 6 N–H and O–H groups in total. The van der Waals surface area contributed by atoms with Crippen LogP contribution < -0.4 is 22.1 Å². The van der Waals surface area contributed by atoms with Gasteiger partial charge in [0.2, 0.25) is 11.8 Å². The van der Waals surface area contributed by atoms with Crippen molar-refractivity contribution in [1.29, 1.82) is 0 Å². The second kappa shape index (κ2) is 16.2. The Morgan fingerprint density at radius 3 is 1.28 bits per heavy atom. The number of rotatable bonds is 15. The number of hydrogen-bond acceptors (Lipinski definition) is 10. The smallest absolute Gasteiger partial charge is 0.329 e. The topological polar surface area (TPSA) is 163 Å². The monoisotopic (exact) mass is 494 g/mol. The molecule has 2 amide bonds. The summed E-state index contributed by atoms with van der Waals surface area (Å²) in [6.07, 6.45) is 0.974. The van der Waals surface area contributed by atoms with Crippen LogP contribution in [0, 0.1) is 11.8 Å². The number of esters is 2. The minimum atomic E-state index is -0.895. The third kappa shape index (κ3) is 12.5. The first kappa shape index (κ1) is 30.5. The molecule has 186 valence electrons. The number of carbonyl (C=O) groups excluding carboxylic acids is 4. The van der Waals surface area contributed by atoms with Gasteiger partial charge in [0, 0.05) is 11.5 Å². The first-order valence-corrected chi connectivity index (χ1v) is 12.9. The number of methoxy groups -OCH3 is 2. The van der Waals surface area contributed by atoms with Crippen LogP contribution in [0.2, 0.25) is 0 Å². The Bertz CT molecular complexity index is 569. The molecule has 0 fully saturated rings. The number of carbonyl (C=O) groups is 4. The van der Waals surface area contributed by atoms with Gasteiger partial charge in [0.05, 0.1) is 26.3 Å². The first-order valence-electron chi connectivity index (χ1n) is 10.4. The van der Waals surface area contributed by atoms with Crippen LogP contribution in [0.15, 0.2) is 0 Å². The van der Waals surface area contributed by atoms with Gasteiger partial charge in [-0.15, -0.1) is 0 Å². The van der Waals surface area contributed by atoms with Gasteiger partial charge in [0.25, 0.3) is 0 Å². The molecule has 0 aliphatic rings. The average Bonchev–Trinajstić information content (AvgIpc) is 2.72. The summed E-state index contributed by atoms with van der Waals surface area (Å²) in [6, 6.07) is -3.25. The number of nitrogens with one attached hydrogen (secondary N) is 2. The van der Waals surface area contributed by atoms with Gasteiger partial charge in [-0.1, -0.05) is 49.3 Å². The molecule has 0 aromatic heterocycles. The van der Waals surface area contributed by atoms with Gasteiger partial charge in [0.1, 0.15) is 12.1 Å². The molecule has 0 aliphatic carbocycles. The zero-order valence-corrected chi connectivity index (χ0v) is 21.3. The highest BCUT2D eigenvalue weighted by molar-refractivity contribution is 8.76. The quantitative estimate of drug-likeness (QED) is 0.143. The molecule has 0 rings (SSSR count). The summed E-state index contributed by atoms with van der Waals surface area (Å²) in [5, 5.41) is 5.22. The van der Waals surface area contributed by atoms with Gasteiger partial charge in [-0.3, -0.25) is 9.59 Å². The standard InChI is InChI=1S/C20H38N4O6S2/c1-11(2)7-13(21)17(25)23-15(19(27)29-5)9-31-32-10-16(20(28)30-6)24-18(26)14(22)8-12(3)4/h11-16H,7-10,21-22H2,1-6H3,(H,23,25)(H,24,26)/t13-,14-,15-,16-/m0/s1. The van der Waals surface area contributed by atoms with E-state index in [1.54, 1.807) is 0 Å². The molecule has 0 aliphatic heterocycles. The predicted molar refractivity (Wildman–Crippen MR) is 128 cm³/mol. The predicted octanol–water partition coefficient (Wildman–Crippen LogP) is 0.430. The largest absolute Gasteiger partial charge is 0.467 e. The summed E-state index contributed by atoms with van der Waals surface area (Å²) in [6.45, 7) is 7.79. The Hall–Kier alpha value is -1.50. The van der Waals surface area contributed by atoms with Crippen molar-refractivity contribution in [2.24, 2.45) is 23.3 Å². The van der Waals surface area contributed by atoms with Crippen LogP contribution in [0.1, 0.15) is 40.5 Å². The van der Waals surface area contributed by atoms with Gasteiger partial charge >= 0.3 is 11.9 Å². The third-order valence-electron chi connectivity index (χ3n) is 4.28. The highest BCUT2D eigenvalue weighted by atomic mass is 33.1. The molecule has 0 radical (unpaired) electrons. The van der Waals surface area contributed by atoms with Crippen LogP contribution in [0.3, 0.4) is 0 Å². The van der Waals surface area contributed by atoms with Crippen LogP contribution in [0.4, 0.5) is 0 Å². The SMILES string of the molecule is COC(=O)[C@H](CSSC[C@H](NC(=O)[C@@H](N)CC(C)C)C(=O)OC)NC(=O)[C@@H](N)CC(C)C. The van der Waals surface area contributed by atoms with Gasteiger partial charge in [-0.05, 0) is 24.7 Å². The van der Waals surface area contributed by atoms with E-state index in [0.29, 0.717) is 12.8 Å². The lowest BCUT2D eigenvalue weighted by atomic mass is 10.0. The molecular weight excluding hydrogens is 456 g/mol. The zero-order valence-electron chi connectivity index (χ0n) is 19.7. The van der Waals surface area contributed by atoms with Gasteiger partial charge in [-0.2, -0.15) is 0 Å². The molecule has 0 aromatic rings.